The van der Waals surface area contributed by atoms with Crippen LogP contribution in [0.3, 0.4) is 0 Å². The van der Waals surface area contributed by atoms with Crippen LogP contribution in [0, 0.1) is 11.8 Å². The second-order valence-corrected chi connectivity index (χ2v) is 8.89. The zero-order valence-electron chi connectivity index (χ0n) is 19.7. The summed E-state index contributed by atoms with van der Waals surface area (Å²) in [7, 11) is 6.05. The predicted octanol–water partition coefficient (Wildman–Crippen LogP) is 4.16. The fourth-order valence-electron chi connectivity index (χ4n) is 6.27. The van der Waals surface area contributed by atoms with Crippen molar-refractivity contribution >= 4 is 33.9 Å². The van der Waals surface area contributed by atoms with Crippen molar-refractivity contribution in [1.82, 2.24) is 0 Å². The molecule has 1 aliphatic carbocycles. The highest BCUT2D eigenvalue weighted by Gasteiger charge is 2.66. The Morgan fingerprint density at radius 1 is 0.583 bits per heavy atom. The number of carbonyl (C=O) groups is 2. The first-order valence-electron chi connectivity index (χ1n) is 11.3. The molecule has 0 saturated heterocycles. The maximum Gasteiger partial charge on any atom is 0.315 e. The quantitative estimate of drug-likeness (QED) is 0.304. The summed E-state index contributed by atoms with van der Waals surface area (Å²) in [4.78, 5) is 26.6. The monoisotopic (exact) mass is 492 g/mol. The van der Waals surface area contributed by atoms with Gasteiger partial charge in [0.1, 0.15) is 11.5 Å². The lowest BCUT2D eigenvalue weighted by atomic mass is 9.50. The van der Waals surface area contributed by atoms with Gasteiger partial charge < -0.3 is 37.3 Å². The number of furan rings is 2. The third kappa shape index (κ3) is 2.27. The molecule has 3 aliphatic rings. The van der Waals surface area contributed by atoms with E-state index in [4.69, 9.17) is 37.3 Å². The lowest BCUT2D eigenvalue weighted by Gasteiger charge is -2.54. The average Bonchev–Trinajstić information content (AvgIpc) is 3.54. The highest BCUT2D eigenvalue weighted by molar-refractivity contribution is 6.03. The van der Waals surface area contributed by atoms with Gasteiger partial charge in [-0.2, -0.15) is 0 Å². The van der Waals surface area contributed by atoms with Crippen molar-refractivity contribution in [3.05, 3.63) is 35.8 Å². The summed E-state index contributed by atoms with van der Waals surface area (Å²) in [6, 6.07) is 3.42. The molecule has 2 aliphatic heterocycles. The molecule has 0 spiro atoms. The number of fused-ring (bicyclic) bond motifs is 12. The number of esters is 2. The van der Waals surface area contributed by atoms with Gasteiger partial charge in [0.2, 0.25) is 11.5 Å². The van der Waals surface area contributed by atoms with Crippen molar-refractivity contribution in [1.29, 1.82) is 0 Å². The summed E-state index contributed by atoms with van der Waals surface area (Å²) in [5.74, 6) is -1.36. The molecule has 2 aromatic carbocycles. The van der Waals surface area contributed by atoms with Gasteiger partial charge in [-0.15, -0.1) is 0 Å². The summed E-state index contributed by atoms with van der Waals surface area (Å²) < 4.78 is 45.8. The van der Waals surface area contributed by atoms with Gasteiger partial charge in [-0.25, -0.2) is 0 Å². The zero-order chi connectivity index (χ0) is 24.9. The topological polar surface area (TPSA) is 116 Å². The fraction of sp³-hybridized carbons (Fsp3) is 0.308. The summed E-state index contributed by atoms with van der Waals surface area (Å²) in [5.41, 5.74) is 2.06. The number of benzene rings is 2. The SMILES string of the molecule is COc1c2c(c3ccoc3c1OC)OC(=O)[C@H]1[C@@H]3C(=O)Oc4c(c(OC)c(OC)c5occc45)[C@@H]3[C@@H]21. The molecule has 2 aromatic heterocycles. The molecular weight excluding hydrogens is 472 g/mol. The van der Waals surface area contributed by atoms with Crippen molar-refractivity contribution in [2.45, 2.75) is 11.8 Å². The Morgan fingerprint density at radius 2 is 0.972 bits per heavy atom. The maximum absolute atomic E-state index is 13.3. The number of rotatable bonds is 4. The van der Waals surface area contributed by atoms with Gasteiger partial charge in [0.05, 0.1) is 63.6 Å². The van der Waals surface area contributed by atoms with Gasteiger partial charge in [0.15, 0.2) is 22.7 Å². The van der Waals surface area contributed by atoms with Crippen molar-refractivity contribution in [2.24, 2.45) is 11.8 Å². The molecule has 36 heavy (non-hydrogen) atoms. The van der Waals surface area contributed by atoms with Crippen LogP contribution < -0.4 is 28.4 Å². The lowest BCUT2D eigenvalue weighted by molar-refractivity contribution is -0.165. The molecule has 0 unspecified atom stereocenters. The van der Waals surface area contributed by atoms with Crippen molar-refractivity contribution in [2.75, 3.05) is 28.4 Å². The standard InChI is InChI=1S/C26H20O10/c1-29-21-15-11-12-14(13(11)25(27)35-17(15)9-5-7-33-19(9)23(21)31-3)26(28)36-18-10-6-8-34-20(10)24(32-4)22(30-2)16(12)18/h5-8,11-14H,1-4H3/t11-,12-,13-,14-/m1/s1. The van der Waals surface area contributed by atoms with Gasteiger partial charge in [-0.1, -0.05) is 0 Å². The van der Waals surface area contributed by atoms with E-state index in [9.17, 15) is 9.59 Å². The largest absolute Gasteiger partial charge is 0.492 e. The predicted molar refractivity (Wildman–Crippen MR) is 122 cm³/mol. The third-order valence-electron chi connectivity index (χ3n) is 7.60. The molecule has 4 heterocycles. The fourth-order valence-corrected chi connectivity index (χ4v) is 6.27. The molecule has 10 nitrogen and oxygen atoms in total. The summed E-state index contributed by atoms with van der Waals surface area (Å²) in [6.45, 7) is 0. The third-order valence-corrected chi connectivity index (χ3v) is 7.60. The summed E-state index contributed by atoms with van der Waals surface area (Å²) in [6.07, 6.45) is 2.99. The van der Waals surface area contributed by atoms with Crippen molar-refractivity contribution in [3.8, 4) is 34.5 Å². The van der Waals surface area contributed by atoms with Gasteiger partial charge in [0, 0.05) is 23.0 Å². The first-order valence-corrected chi connectivity index (χ1v) is 11.3. The minimum atomic E-state index is -0.776. The Bertz CT molecular complexity index is 1490. The highest BCUT2D eigenvalue weighted by Crippen LogP contribution is 2.70. The van der Waals surface area contributed by atoms with Gasteiger partial charge >= 0.3 is 11.9 Å². The molecule has 4 atom stereocenters. The van der Waals surface area contributed by atoms with Gasteiger partial charge in [0.25, 0.3) is 0 Å². The normalized spacial score (nSPS) is 23.6. The maximum atomic E-state index is 13.3. The highest BCUT2D eigenvalue weighted by atomic mass is 16.6. The van der Waals surface area contributed by atoms with E-state index in [1.807, 2.05) is 0 Å². The number of methoxy groups -OCH3 is 4. The van der Waals surface area contributed by atoms with Gasteiger partial charge in [-0.05, 0) is 12.1 Å². The van der Waals surface area contributed by atoms with Crippen LogP contribution in [0.15, 0.2) is 33.5 Å². The molecule has 184 valence electrons. The molecule has 1 fully saturated rings. The molecule has 0 N–H and O–H groups in total. The van der Waals surface area contributed by atoms with Crippen molar-refractivity contribution in [3.63, 3.8) is 0 Å². The van der Waals surface area contributed by atoms with E-state index in [0.29, 0.717) is 67.6 Å². The minimum absolute atomic E-state index is 0.330. The van der Waals surface area contributed by atoms with Crippen LogP contribution in [-0.4, -0.2) is 40.4 Å². The Balaban J connectivity index is 1.56. The van der Waals surface area contributed by atoms with E-state index in [1.165, 1.54) is 41.0 Å². The van der Waals surface area contributed by atoms with E-state index < -0.39 is 35.6 Å². The molecule has 10 heteroatoms. The van der Waals surface area contributed by atoms with Crippen LogP contribution in [0.4, 0.5) is 0 Å². The molecule has 0 bridgehead atoms. The first kappa shape index (κ1) is 21.0. The Kier molecular flexibility index (Phi) is 4.14. The van der Waals surface area contributed by atoms with Crippen LogP contribution in [0.25, 0.3) is 21.9 Å². The summed E-state index contributed by atoms with van der Waals surface area (Å²) in [5, 5.41) is 1.15. The van der Waals surface area contributed by atoms with Crippen LogP contribution in [0.5, 0.6) is 34.5 Å². The van der Waals surface area contributed by atoms with Gasteiger partial charge in [-0.3, -0.25) is 9.59 Å². The zero-order valence-corrected chi connectivity index (χ0v) is 19.7. The second kappa shape index (κ2) is 7.09. The van der Waals surface area contributed by atoms with Crippen LogP contribution >= 0.6 is 0 Å². The molecule has 0 radical (unpaired) electrons. The Hall–Kier alpha value is -4.34. The number of hydrogen-bond acceptors (Lipinski definition) is 10. The summed E-state index contributed by atoms with van der Waals surface area (Å²) >= 11 is 0. The molecule has 4 aromatic rings. The molecule has 7 rings (SSSR count). The van der Waals surface area contributed by atoms with E-state index in [1.54, 1.807) is 12.1 Å². The molecule has 1 saturated carbocycles. The molecular formula is C26H20O10. The first-order chi connectivity index (χ1) is 17.5. The minimum Gasteiger partial charge on any atom is -0.492 e. The average molecular weight is 492 g/mol. The van der Waals surface area contributed by atoms with Crippen LogP contribution in [0.1, 0.15) is 23.0 Å². The van der Waals surface area contributed by atoms with E-state index in [0.717, 1.165) is 0 Å². The Morgan fingerprint density at radius 3 is 1.33 bits per heavy atom. The lowest BCUT2D eigenvalue weighted by Crippen LogP contribution is -2.57. The van der Waals surface area contributed by atoms with Crippen molar-refractivity contribution < 1.29 is 46.8 Å². The molecule has 0 amide bonds. The second-order valence-electron chi connectivity index (χ2n) is 8.89. The number of hydrogen-bond donors (Lipinski definition) is 0. The van der Waals surface area contributed by atoms with Crippen LogP contribution in [0.2, 0.25) is 0 Å². The van der Waals surface area contributed by atoms with E-state index in [2.05, 4.69) is 0 Å². The number of carbonyl (C=O) groups excluding carboxylic acids is 2. The van der Waals surface area contributed by atoms with E-state index >= 15 is 0 Å². The van der Waals surface area contributed by atoms with Crippen LogP contribution in [-0.2, 0) is 9.59 Å². The Labute approximate surface area is 203 Å². The van der Waals surface area contributed by atoms with E-state index in [-0.39, 0.29) is 0 Å². The number of ether oxygens (including phenoxy) is 6. The smallest absolute Gasteiger partial charge is 0.315 e.